The van der Waals surface area contributed by atoms with E-state index in [9.17, 15) is 23.1 Å². The first-order chi connectivity index (χ1) is 10.7. The Labute approximate surface area is 136 Å². The van der Waals surface area contributed by atoms with E-state index in [-0.39, 0.29) is 31.0 Å². The van der Waals surface area contributed by atoms with Crippen LogP contribution in [0.25, 0.3) is 0 Å². The quantitative estimate of drug-likeness (QED) is 0.706. The summed E-state index contributed by atoms with van der Waals surface area (Å²) in [4.78, 5) is 23.6. The van der Waals surface area contributed by atoms with Crippen LogP contribution in [0.2, 0.25) is 0 Å². The number of hydrogen-bond donors (Lipinski definition) is 2. The van der Waals surface area contributed by atoms with Gasteiger partial charge in [-0.25, -0.2) is 8.42 Å². The van der Waals surface area contributed by atoms with Crippen LogP contribution in [0.5, 0.6) is 0 Å². The van der Waals surface area contributed by atoms with Crippen LogP contribution in [0.15, 0.2) is 30.3 Å². The van der Waals surface area contributed by atoms with Gasteiger partial charge in [-0.3, -0.25) is 9.59 Å². The Morgan fingerprint density at radius 1 is 1.22 bits per heavy atom. The van der Waals surface area contributed by atoms with E-state index in [0.29, 0.717) is 12.0 Å². The lowest BCUT2D eigenvalue weighted by atomic mass is 9.78. The number of nitrogens with one attached hydrogen (secondary N) is 1. The zero-order chi connectivity index (χ0) is 17.5. The van der Waals surface area contributed by atoms with Crippen molar-refractivity contribution in [3.8, 4) is 0 Å². The summed E-state index contributed by atoms with van der Waals surface area (Å²) < 4.78 is 22.1. The summed E-state index contributed by atoms with van der Waals surface area (Å²) in [5.74, 6) is -1.40. The van der Waals surface area contributed by atoms with Gasteiger partial charge in [-0.1, -0.05) is 37.3 Å². The molecule has 1 unspecified atom stereocenters. The molecule has 128 valence electrons. The van der Waals surface area contributed by atoms with Crippen molar-refractivity contribution in [2.24, 2.45) is 0 Å². The molecule has 0 spiro atoms. The first-order valence-corrected chi connectivity index (χ1v) is 9.50. The molecule has 0 aliphatic heterocycles. The van der Waals surface area contributed by atoms with Gasteiger partial charge in [0.1, 0.15) is 15.3 Å². The Kier molecular flexibility index (Phi) is 6.75. The van der Waals surface area contributed by atoms with Crippen LogP contribution in [-0.4, -0.2) is 44.0 Å². The third-order valence-corrected chi connectivity index (χ3v) is 4.88. The molecule has 1 amide bonds. The summed E-state index contributed by atoms with van der Waals surface area (Å²) in [5.41, 5.74) is -0.556. The Morgan fingerprint density at radius 3 is 2.30 bits per heavy atom. The summed E-state index contributed by atoms with van der Waals surface area (Å²) in [5, 5.41) is 12.3. The van der Waals surface area contributed by atoms with E-state index < -0.39 is 21.2 Å². The molecule has 1 rings (SSSR count). The van der Waals surface area contributed by atoms with Crippen molar-refractivity contribution < 1.29 is 23.1 Å². The molecule has 0 radical (unpaired) electrons. The molecular formula is C16H23NO5S. The average Bonchev–Trinajstić information content (AvgIpc) is 2.48. The maximum Gasteiger partial charge on any atom is 0.315 e. The van der Waals surface area contributed by atoms with Gasteiger partial charge in [0.25, 0.3) is 0 Å². The van der Waals surface area contributed by atoms with Crippen molar-refractivity contribution in [2.45, 2.75) is 31.6 Å². The third-order valence-electron chi connectivity index (χ3n) is 3.85. The number of hydrogen-bond acceptors (Lipinski definition) is 4. The molecule has 0 saturated heterocycles. The predicted molar refractivity (Wildman–Crippen MR) is 88.0 cm³/mol. The number of carboxylic acid groups (broad SMARTS) is 1. The minimum Gasteiger partial charge on any atom is -0.481 e. The van der Waals surface area contributed by atoms with E-state index in [4.69, 9.17) is 0 Å². The van der Waals surface area contributed by atoms with Crippen molar-refractivity contribution in [1.82, 2.24) is 5.32 Å². The molecule has 0 bridgehead atoms. The second-order valence-electron chi connectivity index (χ2n) is 5.62. The van der Waals surface area contributed by atoms with Crippen LogP contribution in [0.4, 0.5) is 0 Å². The highest BCUT2D eigenvalue weighted by molar-refractivity contribution is 7.90. The molecule has 0 aliphatic rings. The number of benzene rings is 1. The lowest BCUT2D eigenvalue weighted by molar-refractivity contribution is -0.144. The maximum atomic E-state index is 11.8. The number of amides is 1. The van der Waals surface area contributed by atoms with Gasteiger partial charge in [0.15, 0.2) is 0 Å². The molecule has 6 nitrogen and oxygen atoms in total. The van der Waals surface area contributed by atoms with Gasteiger partial charge in [-0.05, 0) is 18.4 Å². The van der Waals surface area contributed by atoms with Crippen molar-refractivity contribution in [3.05, 3.63) is 35.9 Å². The number of rotatable bonds is 9. The Balaban J connectivity index is 2.73. The summed E-state index contributed by atoms with van der Waals surface area (Å²) in [6.07, 6.45) is 1.73. The second-order valence-corrected chi connectivity index (χ2v) is 7.88. The van der Waals surface area contributed by atoms with Crippen LogP contribution < -0.4 is 5.32 Å². The minimum absolute atomic E-state index is 0.0272. The van der Waals surface area contributed by atoms with Crippen LogP contribution >= 0.6 is 0 Å². The molecule has 2 N–H and O–H groups in total. The zero-order valence-electron chi connectivity index (χ0n) is 13.4. The Morgan fingerprint density at radius 2 is 1.83 bits per heavy atom. The van der Waals surface area contributed by atoms with Crippen LogP contribution in [-0.2, 0) is 24.8 Å². The SMILES string of the molecule is CCC(CNC(=O)CCCS(C)(=O)=O)(C(=O)O)c1ccccc1. The van der Waals surface area contributed by atoms with E-state index in [0.717, 1.165) is 6.26 Å². The van der Waals surface area contributed by atoms with Crippen LogP contribution in [0.3, 0.4) is 0 Å². The molecule has 0 saturated carbocycles. The zero-order valence-corrected chi connectivity index (χ0v) is 14.2. The predicted octanol–water partition coefficient (Wildman–Crippen LogP) is 1.36. The molecular weight excluding hydrogens is 318 g/mol. The molecule has 1 aromatic carbocycles. The fourth-order valence-electron chi connectivity index (χ4n) is 2.37. The summed E-state index contributed by atoms with van der Waals surface area (Å²) in [7, 11) is -3.10. The van der Waals surface area contributed by atoms with Crippen LogP contribution in [0.1, 0.15) is 31.7 Å². The van der Waals surface area contributed by atoms with Crippen molar-refractivity contribution in [2.75, 3.05) is 18.6 Å². The first-order valence-electron chi connectivity index (χ1n) is 7.44. The van der Waals surface area contributed by atoms with E-state index in [1.165, 1.54) is 0 Å². The summed E-state index contributed by atoms with van der Waals surface area (Å²) >= 11 is 0. The van der Waals surface area contributed by atoms with Crippen molar-refractivity contribution in [1.29, 1.82) is 0 Å². The molecule has 0 fully saturated rings. The van der Waals surface area contributed by atoms with Gasteiger partial charge in [0.2, 0.25) is 5.91 Å². The van der Waals surface area contributed by atoms with E-state index in [1.54, 1.807) is 37.3 Å². The third kappa shape index (κ3) is 5.67. The number of sulfone groups is 1. The van der Waals surface area contributed by atoms with Gasteiger partial charge < -0.3 is 10.4 Å². The molecule has 7 heteroatoms. The largest absolute Gasteiger partial charge is 0.481 e. The average molecular weight is 341 g/mol. The molecule has 0 heterocycles. The van der Waals surface area contributed by atoms with E-state index >= 15 is 0 Å². The molecule has 1 atom stereocenters. The van der Waals surface area contributed by atoms with Gasteiger partial charge in [0, 0.05) is 19.2 Å². The lowest BCUT2D eigenvalue weighted by Gasteiger charge is -2.29. The Hall–Kier alpha value is -1.89. The first kappa shape index (κ1) is 19.2. The fourth-order valence-corrected chi connectivity index (χ4v) is 3.04. The minimum atomic E-state index is -3.10. The fraction of sp³-hybridized carbons (Fsp3) is 0.500. The van der Waals surface area contributed by atoms with Gasteiger partial charge >= 0.3 is 5.97 Å². The van der Waals surface area contributed by atoms with Crippen molar-refractivity contribution in [3.63, 3.8) is 0 Å². The van der Waals surface area contributed by atoms with E-state index in [1.807, 2.05) is 0 Å². The lowest BCUT2D eigenvalue weighted by Crippen LogP contribution is -2.46. The summed E-state index contributed by atoms with van der Waals surface area (Å²) in [6.45, 7) is 1.73. The smallest absolute Gasteiger partial charge is 0.315 e. The topological polar surface area (TPSA) is 101 Å². The van der Waals surface area contributed by atoms with Gasteiger partial charge in [0.05, 0.1) is 5.75 Å². The van der Waals surface area contributed by atoms with Crippen LogP contribution in [0, 0.1) is 0 Å². The normalized spacial score (nSPS) is 14.0. The number of carbonyl (C=O) groups excluding carboxylic acids is 1. The van der Waals surface area contributed by atoms with Gasteiger partial charge in [-0.15, -0.1) is 0 Å². The number of carbonyl (C=O) groups is 2. The Bertz CT molecular complexity index is 642. The monoisotopic (exact) mass is 341 g/mol. The van der Waals surface area contributed by atoms with Gasteiger partial charge in [-0.2, -0.15) is 0 Å². The van der Waals surface area contributed by atoms with E-state index in [2.05, 4.69) is 5.32 Å². The molecule has 0 aromatic heterocycles. The highest BCUT2D eigenvalue weighted by atomic mass is 32.2. The highest BCUT2D eigenvalue weighted by Crippen LogP contribution is 2.27. The standard InChI is InChI=1S/C16H23NO5S/c1-3-16(15(19)20,13-8-5-4-6-9-13)12-17-14(18)10-7-11-23(2,21)22/h4-6,8-9H,3,7,10-12H2,1-2H3,(H,17,18)(H,19,20). The second kappa shape index (κ2) is 8.10. The highest BCUT2D eigenvalue weighted by Gasteiger charge is 2.38. The molecule has 23 heavy (non-hydrogen) atoms. The summed E-state index contributed by atoms with van der Waals surface area (Å²) in [6, 6.07) is 8.78. The number of carboxylic acids is 1. The molecule has 1 aromatic rings. The molecule has 0 aliphatic carbocycles. The maximum absolute atomic E-state index is 11.8. The number of aliphatic carboxylic acids is 1. The van der Waals surface area contributed by atoms with Crippen molar-refractivity contribution >= 4 is 21.7 Å².